The van der Waals surface area contributed by atoms with Crippen LogP contribution in [0.2, 0.25) is 0 Å². The number of benzene rings is 1. The van der Waals surface area contributed by atoms with Crippen molar-refractivity contribution in [2.45, 2.75) is 43.5 Å². The molecule has 3 rings (SSSR count). The predicted molar refractivity (Wildman–Crippen MR) is 96.8 cm³/mol. The largest absolute Gasteiger partial charge is 0.493 e. The molecule has 0 radical (unpaired) electrons. The topological polar surface area (TPSA) is 48.4 Å². The van der Waals surface area contributed by atoms with Crippen LogP contribution in [0.3, 0.4) is 0 Å². The molecule has 124 valence electrons. The smallest absolute Gasteiger partial charge is 0.218 e. The van der Waals surface area contributed by atoms with Crippen molar-refractivity contribution in [3.8, 4) is 5.88 Å². The molecule has 2 N–H and O–H groups in total. The number of nitrogens with one attached hydrogen (secondary N) is 1. The summed E-state index contributed by atoms with van der Waals surface area (Å²) < 4.78 is 2.53. The quantitative estimate of drug-likeness (QED) is 0.816. The number of aromatic hydroxyl groups is 1. The molecule has 2 aromatic rings. The monoisotopic (exact) mass is 331 g/mol. The Balaban J connectivity index is 1.85. The van der Waals surface area contributed by atoms with E-state index in [0.717, 1.165) is 30.4 Å². The standard InChI is InChI=1S/C18H25N3OS/c1-2-3-6-14-13-19-10-5-12-21(14)23-17-8-4-7-16-15(17)9-11-20-18(16)22/h4,7-9,11,14,19H,2-3,5-6,10,12-13H2,1H3,(H,20,22). The zero-order valence-electron chi connectivity index (χ0n) is 13.7. The van der Waals surface area contributed by atoms with Crippen molar-refractivity contribution in [1.82, 2.24) is 14.6 Å². The first kappa shape index (κ1) is 16.6. The zero-order chi connectivity index (χ0) is 16.1. The third-order valence-electron chi connectivity index (χ3n) is 4.37. The number of hydrogen-bond donors (Lipinski definition) is 2. The van der Waals surface area contributed by atoms with Crippen molar-refractivity contribution >= 4 is 22.7 Å². The van der Waals surface area contributed by atoms with Crippen LogP contribution in [0.4, 0.5) is 0 Å². The predicted octanol–water partition coefficient (Wildman–Crippen LogP) is 3.80. The lowest BCUT2D eigenvalue weighted by molar-refractivity contribution is 0.343. The molecule has 0 saturated carbocycles. The van der Waals surface area contributed by atoms with E-state index in [1.54, 1.807) is 6.20 Å². The van der Waals surface area contributed by atoms with Crippen LogP contribution in [0.15, 0.2) is 35.4 Å². The van der Waals surface area contributed by atoms with Gasteiger partial charge in [-0.2, -0.15) is 0 Å². The Morgan fingerprint density at radius 3 is 3.13 bits per heavy atom. The maximum Gasteiger partial charge on any atom is 0.218 e. The van der Waals surface area contributed by atoms with Crippen molar-refractivity contribution in [3.05, 3.63) is 30.5 Å². The van der Waals surface area contributed by atoms with E-state index in [4.69, 9.17) is 0 Å². The van der Waals surface area contributed by atoms with Crippen LogP contribution in [-0.4, -0.2) is 40.1 Å². The van der Waals surface area contributed by atoms with Gasteiger partial charge in [-0.05, 0) is 49.5 Å². The third-order valence-corrected chi connectivity index (χ3v) is 5.64. The summed E-state index contributed by atoms with van der Waals surface area (Å²) in [6.45, 7) is 5.51. The summed E-state index contributed by atoms with van der Waals surface area (Å²) in [7, 11) is 0. The van der Waals surface area contributed by atoms with E-state index in [1.165, 1.54) is 30.6 Å². The summed E-state index contributed by atoms with van der Waals surface area (Å²) in [5.74, 6) is 0.116. The Morgan fingerprint density at radius 2 is 2.26 bits per heavy atom. The van der Waals surface area contributed by atoms with Crippen LogP contribution in [-0.2, 0) is 0 Å². The molecule has 1 aromatic carbocycles. The maximum atomic E-state index is 9.97. The van der Waals surface area contributed by atoms with Gasteiger partial charge in [-0.3, -0.25) is 0 Å². The first-order valence-electron chi connectivity index (χ1n) is 8.51. The Labute approximate surface area is 142 Å². The summed E-state index contributed by atoms with van der Waals surface area (Å²) in [6, 6.07) is 8.63. The average Bonchev–Trinajstić information content (AvgIpc) is 2.79. The number of pyridine rings is 1. The van der Waals surface area contributed by atoms with E-state index in [-0.39, 0.29) is 5.88 Å². The first-order chi connectivity index (χ1) is 11.3. The van der Waals surface area contributed by atoms with Crippen LogP contribution >= 0.6 is 11.9 Å². The summed E-state index contributed by atoms with van der Waals surface area (Å²) >= 11 is 1.83. The van der Waals surface area contributed by atoms with E-state index in [9.17, 15) is 5.11 Å². The lowest BCUT2D eigenvalue weighted by Gasteiger charge is -2.28. The molecule has 1 fully saturated rings. The zero-order valence-corrected chi connectivity index (χ0v) is 14.5. The Hall–Kier alpha value is -1.30. The molecular formula is C18H25N3OS. The molecule has 1 saturated heterocycles. The number of rotatable bonds is 5. The fourth-order valence-corrected chi connectivity index (χ4v) is 4.31. The number of fused-ring (bicyclic) bond motifs is 1. The van der Waals surface area contributed by atoms with E-state index >= 15 is 0 Å². The van der Waals surface area contributed by atoms with Crippen LogP contribution in [0.1, 0.15) is 32.6 Å². The van der Waals surface area contributed by atoms with Gasteiger partial charge in [-0.25, -0.2) is 9.29 Å². The van der Waals surface area contributed by atoms with Crippen LogP contribution < -0.4 is 5.32 Å². The average molecular weight is 331 g/mol. The number of hydrogen-bond acceptors (Lipinski definition) is 5. The van der Waals surface area contributed by atoms with E-state index in [1.807, 2.05) is 30.1 Å². The number of nitrogens with zero attached hydrogens (tertiary/aromatic N) is 2. The number of aromatic nitrogens is 1. The highest BCUT2D eigenvalue weighted by Crippen LogP contribution is 2.35. The second kappa shape index (κ2) is 7.99. The van der Waals surface area contributed by atoms with Crippen molar-refractivity contribution in [1.29, 1.82) is 0 Å². The molecule has 0 aliphatic carbocycles. The van der Waals surface area contributed by atoms with Crippen molar-refractivity contribution in [2.24, 2.45) is 0 Å². The minimum atomic E-state index is 0.116. The van der Waals surface area contributed by atoms with E-state index < -0.39 is 0 Å². The lowest BCUT2D eigenvalue weighted by Crippen LogP contribution is -2.35. The number of unbranched alkanes of at least 4 members (excludes halogenated alkanes) is 1. The molecule has 1 atom stereocenters. The second-order valence-corrected chi connectivity index (χ2v) is 7.16. The minimum absolute atomic E-state index is 0.116. The van der Waals surface area contributed by atoms with Crippen molar-refractivity contribution in [3.63, 3.8) is 0 Å². The molecule has 0 spiro atoms. The van der Waals surface area contributed by atoms with Gasteiger partial charge in [0.1, 0.15) is 0 Å². The molecule has 1 aliphatic heterocycles. The normalized spacial score (nSPS) is 19.8. The van der Waals surface area contributed by atoms with Gasteiger partial charge in [-0.1, -0.05) is 25.8 Å². The van der Waals surface area contributed by atoms with Gasteiger partial charge < -0.3 is 10.4 Å². The summed E-state index contributed by atoms with van der Waals surface area (Å²) in [6.07, 6.45) is 6.59. The molecule has 2 heterocycles. The van der Waals surface area contributed by atoms with Crippen LogP contribution in [0.5, 0.6) is 5.88 Å². The van der Waals surface area contributed by atoms with Crippen molar-refractivity contribution in [2.75, 3.05) is 19.6 Å². The molecule has 23 heavy (non-hydrogen) atoms. The Morgan fingerprint density at radius 1 is 1.35 bits per heavy atom. The molecule has 5 heteroatoms. The first-order valence-corrected chi connectivity index (χ1v) is 9.29. The Bertz CT molecular complexity index is 649. The van der Waals surface area contributed by atoms with E-state index in [0.29, 0.717) is 6.04 Å². The molecule has 0 amide bonds. The second-order valence-electron chi connectivity index (χ2n) is 6.07. The fraction of sp³-hybridized carbons (Fsp3) is 0.500. The van der Waals surface area contributed by atoms with Crippen LogP contribution in [0, 0.1) is 0 Å². The molecule has 0 bridgehead atoms. The molecular weight excluding hydrogens is 306 g/mol. The molecule has 4 nitrogen and oxygen atoms in total. The van der Waals surface area contributed by atoms with Gasteiger partial charge in [0.15, 0.2) is 0 Å². The molecule has 1 aliphatic rings. The minimum Gasteiger partial charge on any atom is -0.493 e. The summed E-state index contributed by atoms with van der Waals surface area (Å²) in [4.78, 5) is 5.19. The van der Waals surface area contributed by atoms with Gasteiger partial charge >= 0.3 is 0 Å². The molecule has 1 aromatic heterocycles. The lowest BCUT2D eigenvalue weighted by atomic mass is 10.1. The van der Waals surface area contributed by atoms with Gasteiger partial charge in [0.2, 0.25) is 5.88 Å². The van der Waals surface area contributed by atoms with Gasteiger partial charge in [-0.15, -0.1) is 0 Å². The summed E-state index contributed by atoms with van der Waals surface area (Å²) in [5, 5.41) is 15.4. The highest BCUT2D eigenvalue weighted by atomic mass is 32.2. The van der Waals surface area contributed by atoms with Crippen molar-refractivity contribution < 1.29 is 5.11 Å². The molecule has 1 unspecified atom stereocenters. The third kappa shape index (κ3) is 3.97. The summed E-state index contributed by atoms with van der Waals surface area (Å²) in [5.41, 5.74) is 0. The SMILES string of the molecule is CCCCC1CNCCCN1Sc1cccc2c(O)nccc12. The Kier molecular flexibility index (Phi) is 5.75. The highest BCUT2D eigenvalue weighted by Gasteiger charge is 2.22. The van der Waals surface area contributed by atoms with Gasteiger partial charge in [0.05, 0.1) is 0 Å². The fourth-order valence-electron chi connectivity index (χ4n) is 3.09. The van der Waals surface area contributed by atoms with Gasteiger partial charge in [0, 0.05) is 41.0 Å². The maximum absolute atomic E-state index is 9.97. The van der Waals surface area contributed by atoms with E-state index in [2.05, 4.69) is 27.6 Å². The highest BCUT2D eigenvalue weighted by molar-refractivity contribution is 7.97. The van der Waals surface area contributed by atoms with Gasteiger partial charge in [0.25, 0.3) is 0 Å². The van der Waals surface area contributed by atoms with Crippen LogP contribution in [0.25, 0.3) is 10.8 Å².